The minimum Gasteiger partial charge on any atom is -0.504 e. The van der Waals surface area contributed by atoms with Gasteiger partial charge in [-0.2, -0.15) is 0 Å². The van der Waals surface area contributed by atoms with E-state index < -0.39 is 0 Å². The Bertz CT molecular complexity index is 790. The normalized spacial score (nSPS) is 10.2. The van der Waals surface area contributed by atoms with Crippen LogP contribution in [0.15, 0.2) is 30.3 Å². The van der Waals surface area contributed by atoms with Gasteiger partial charge < -0.3 is 29.4 Å². The number of ether oxygens (including phenoxy) is 4. The zero-order valence-corrected chi connectivity index (χ0v) is 16.0. The van der Waals surface area contributed by atoms with Gasteiger partial charge in [0.1, 0.15) is 0 Å². The van der Waals surface area contributed by atoms with E-state index in [2.05, 4.69) is 5.32 Å². The molecule has 146 valence electrons. The highest BCUT2D eigenvalue weighted by Crippen LogP contribution is 2.37. The van der Waals surface area contributed by atoms with Crippen molar-refractivity contribution in [2.45, 2.75) is 12.8 Å². The SMILES string of the molecule is COc1ccc(CC(=O)NCCc2cc(O)c(OC)c(OC)c2)cc1OC. The number of carbonyl (C=O) groups excluding carboxylic acids is 1. The number of nitrogens with one attached hydrogen (secondary N) is 1. The molecule has 7 heteroatoms. The Morgan fingerprint density at radius 2 is 1.56 bits per heavy atom. The minimum absolute atomic E-state index is 0.00324. The molecule has 0 aliphatic carbocycles. The number of rotatable bonds is 9. The Labute approximate surface area is 158 Å². The summed E-state index contributed by atoms with van der Waals surface area (Å²) in [5.41, 5.74) is 1.66. The number of phenols is 1. The van der Waals surface area contributed by atoms with Crippen molar-refractivity contribution in [1.29, 1.82) is 0 Å². The van der Waals surface area contributed by atoms with Crippen LogP contribution in [0.1, 0.15) is 11.1 Å². The van der Waals surface area contributed by atoms with Gasteiger partial charge in [0.25, 0.3) is 0 Å². The average molecular weight is 375 g/mol. The maximum Gasteiger partial charge on any atom is 0.224 e. The molecule has 2 aromatic carbocycles. The summed E-state index contributed by atoms with van der Waals surface area (Å²) >= 11 is 0. The molecule has 0 unspecified atom stereocenters. The third kappa shape index (κ3) is 5.20. The number of methoxy groups -OCH3 is 4. The van der Waals surface area contributed by atoms with Crippen LogP contribution in [0.5, 0.6) is 28.7 Å². The highest BCUT2D eigenvalue weighted by Gasteiger charge is 2.12. The second kappa shape index (κ2) is 9.56. The van der Waals surface area contributed by atoms with Gasteiger partial charge in [-0.25, -0.2) is 0 Å². The number of carbonyl (C=O) groups is 1. The van der Waals surface area contributed by atoms with Crippen LogP contribution in [0.4, 0.5) is 0 Å². The molecule has 0 radical (unpaired) electrons. The van der Waals surface area contributed by atoms with Crippen LogP contribution in [-0.2, 0) is 17.6 Å². The van der Waals surface area contributed by atoms with Crippen LogP contribution in [0.2, 0.25) is 0 Å². The third-order valence-electron chi connectivity index (χ3n) is 4.07. The first kappa shape index (κ1) is 20.2. The van der Waals surface area contributed by atoms with E-state index in [0.29, 0.717) is 36.0 Å². The molecule has 0 fully saturated rings. The maximum absolute atomic E-state index is 12.2. The molecule has 2 N–H and O–H groups in total. The van der Waals surface area contributed by atoms with Crippen LogP contribution >= 0.6 is 0 Å². The Morgan fingerprint density at radius 3 is 2.19 bits per heavy atom. The summed E-state index contributed by atoms with van der Waals surface area (Å²) in [4.78, 5) is 12.2. The van der Waals surface area contributed by atoms with Crippen molar-refractivity contribution in [2.75, 3.05) is 35.0 Å². The molecule has 0 saturated heterocycles. The quantitative estimate of drug-likeness (QED) is 0.700. The third-order valence-corrected chi connectivity index (χ3v) is 4.07. The molecule has 0 saturated carbocycles. The van der Waals surface area contributed by atoms with Crippen molar-refractivity contribution < 1.29 is 28.8 Å². The maximum atomic E-state index is 12.2. The second-order valence-electron chi connectivity index (χ2n) is 5.82. The number of benzene rings is 2. The molecule has 27 heavy (non-hydrogen) atoms. The molecule has 2 rings (SSSR count). The second-order valence-corrected chi connectivity index (χ2v) is 5.82. The van der Waals surface area contributed by atoms with Gasteiger partial charge >= 0.3 is 0 Å². The Hall–Kier alpha value is -3.09. The molecule has 0 bridgehead atoms. The molecular formula is C20H25NO6. The molecule has 2 aromatic rings. The van der Waals surface area contributed by atoms with E-state index in [0.717, 1.165) is 11.1 Å². The van der Waals surface area contributed by atoms with Crippen molar-refractivity contribution >= 4 is 5.91 Å². The summed E-state index contributed by atoms with van der Waals surface area (Å²) in [6, 6.07) is 8.76. The number of hydrogen-bond donors (Lipinski definition) is 2. The zero-order chi connectivity index (χ0) is 19.8. The molecule has 0 aliphatic heterocycles. The Balaban J connectivity index is 1.92. The van der Waals surface area contributed by atoms with Crippen molar-refractivity contribution in [3.8, 4) is 28.7 Å². The van der Waals surface area contributed by atoms with Crippen LogP contribution in [0.3, 0.4) is 0 Å². The molecule has 1 amide bonds. The minimum atomic E-state index is -0.105. The van der Waals surface area contributed by atoms with E-state index >= 15 is 0 Å². The fourth-order valence-electron chi connectivity index (χ4n) is 2.73. The van der Waals surface area contributed by atoms with Gasteiger partial charge in [0, 0.05) is 6.54 Å². The summed E-state index contributed by atoms with van der Waals surface area (Å²) in [5, 5.41) is 12.9. The molecular weight excluding hydrogens is 350 g/mol. The highest BCUT2D eigenvalue weighted by molar-refractivity contribution is 5.78. The molecule has 0 atom stereocenters. The van der Waals surface area contributed by atoms with Crippen molar-refractivity contribution in [2.24, 2.45) is 0 Å². The predicted octanol–water partition coefficient (Wildman–Crippen LogP) is 2.33. The van der Waals surface area contributed by atoms with Gasteiger partial charge in [-0.05, 0) is 41.8 Å². The molecule has 0 aliphatic rings. The standard InChI is InChI=1S/C20H25NO6/c1-24-16-6-5-13(10-17(16)25-2)12-19(23)21-8-7-14-9-15(22)20(27-4)18(11-14)26-3/h5-6,9-11,22H,7-8,12H2,1-4H3,(H,21,23). The Morgan fingerprint density at radius 1 is 0.889 bits per heavy atom. The number of amides is 1. The van der Waals surface area contributed by atoms with Crippen LogP contribution in [-0.4, -0.2) is 46.0 Å². The van der Waals surface area contributed by atoms with Crippen LogP contribution < -0.4 is 24.3 Å². The summed E-state index contributed by atoms with van der Waals surface area (Å²) < 4.78 is 20.7. The van der Waals surface area contributed by atoms with E-state index in [4.69, 9.17) is 18.9 Å². The molecule has 7 nitrogen and oxygen atoms in total. The lowest BCUT2D eigenvalue weighted by Gasteiger charge is -2.12. The lowest BCUT2D eigenvalue weighted by molar-refractivity contribution is -0.120. The summed E-state index contributed by atoms with van der Waals surface area (Å²) in [5.74, 6) is 1.84. The van der Waals surface area contributed by atoms with Crippen molar-refractivity contribution in [3.63, 3.8) is 0 Å². The first-order valence-corrected chi connectivity index (χ1v) is 8.43. The van der Waals surface area contributed by atoms with Crippen LogP contribution in [0, 0.1) is 0 Å². The lowest BCUT2D eigenvalue weighted by atomic mass is 10.1. The fourth-order valence-corrected chi connectivity index (χ4v) is 2.73. The van der Waals surface area contributed by atoms with E-state index in [1.54, 1.807) is 38.5 Å². The topological polar surface area (TPSA) is 86.3 Å². The first-order valence-electron chi connectivity index (χ1n) is 8.43. The number of phenolic OH excluding ortho intramolecular Hbond substituents is 1. The molecule has 0 heterocycles. The largest absolute Gasteiger partial charge is 0.504 e. The summed E-state index contributed by atoms with van der Waals surface area (Å²) in [6.07, 6.45) is 0.781. The summed E-state index contributed by atoms with van der Waals surface area (Å²) in [6.45, 7) is 0.432. The first-order chi connectivity index (χ1) is 13.0. The van der Waals surface area contributed by atoms with Gasteiger partial charge in [-0.1, -0.05) is 6.07 Å². The monoisotopic (exact) mass is 375 g/mol. The molecule has 0 spiro atoms. The smallest absolute Gasteiger partial charge is 0.224 e. The van der Waals surface area contributed by atoms with Crippen molar-refractivity contribution in [1.82, 2.24) is 5.32 Å². The highest BCUT2D eigenvalue weighted by atomic mass is 16.5. The average Bonchev–Trinajstić information content (AvgIpc) is 2.67. The fraction of sp³-hybridized carbons (Fsp3) is 0.350. The van der Waals surface area contributed by atoms with Crippen LogP contribution in [0.25, 0.3) is 0 Å². The van der Waals surface area contributed by atoms with Gasteiger partial charge in [0.15, 0.2) is 23.0 Å². The van der Waals surface area contributed by atoms with E-state index in [9.17, 15) is 9.90 Å². The zero-order valence-electron chi connectivity index (χ0n) is 16.0. The molecule has 0 aromatic heterocycles. The van der Waals surface area contributed by atoms with Gasteiger partial charge in [0.2, 0.25) is 11.7 Å². The van der Waals surface area contributed by atoms with Gasteiger partial charge in [-0.3, -0.25) is 4.79 Å². The van der Waals surface area contributed by atoms with E-state index in [-0.39, 0.29) is 18.1 Å². The van der Waals surface area contributed by atoms with Crippen molar-refractivity contribution in [3.05, 3.63) is 41.5 Å². The Kier molecular flexibility index (Phi) is 7.16. The predicted molar refractivity (Wildman–Crippen MR) is 101 cm³/mol. The van der Waals surface area contributed by atoms with E-state index in [1.807, 2.05) is 6.07 Å². The lowest BCUT2D eigenvalue weighted by Crippen LogP contribution is -2.27. The van der Waals surface area contributed by atoms with E-state index in [1.165, 1.54) is 14.2 Å². The van der Waals surface area contributed by atoms with Gasteiger partial charge in [-0.15, -0.1) is 0 Å². The van der Waals surface area contributed by atoms with Gasteiger partial charge in [0.05, 0.1) is 34.9 Å². The number of aromatic hydroxyl groups is 1. The summed E-state index contributed by atoms with van der Waals surface area (Å²) in [7, 11) is 6.09. The number of hydrogen-bond acceptors (Lipinski definition) is 6.